The normalized spacial score (nSPS) is 19.0. The summed E-state index contributed by atoms with van der Waals surface area (Å²) in [4.78, 5) is 13.2. The molecule has 0 unspecified atom stereocenters. The molecule has 4 aromatic heterocycles. The number of nitrogens with zero attached hydrogens (tertiary/aromatic N) is 3. The first-order valence-corrected chi connectivity index (χ1v) is 17.4. The van der Waals surface area contributed by atoms with Crippen molar-refractivity contribution in [3.8, 4) is 56.4 Å². The van der Waals surface area contributed by atoms with E-state index in [4.69, 9.17) is 33.5 Å². The maximum Gasteiger partial charge on any atom is 0.165 e. The van der Waals surface area contributed by atoms with Crippen LogP contribution in [0.4, 0.5) is 0 Å². The minimum absolute atomic E-state index is 0.336. The molecule has 0 N–H and O–H groups in total. The van der Waals surface area contributed by atoms with Gasteiger partial charge in [-0.15, -0.1) is 11.3 Å². The second-order valence-electron chi connectivity index (χ2n) is 12.1. The molecule has 8 aromatic carbocycles. The Bertz CT molecular complexity index is 5100. The van der Waals surface area contributed by atoms with Crippen LogP contribution in [0.15, 0.2) is 184 Å². The summed E-state index contributed by atoms with van der Waals surface area (Å²) in [6, 6.07) is -24.8. The number of benzene rings is 8. The topological polar surface area (TPSA) is 65.0 Å². The summed E-state index contributed by atoms with van der Waals surface area (Å²) in [5.74, 6) is -2.32. The fraction of sp³-hybridized carbons (Fsp3) is 0. The van der Waals surface area contributed by atoms with Crippen molar-refractivity contribution in [2.45, 2.75) is 0 Å². The molecule has 0 aliphatic carbocycles. The van der Waals surface area contributed by atoms with Gasteiger partial charge in [0.25, 0.3) is 0 Å². The van der Waals surface area contributed by atoms with Gasteiger partial charge in [-0.25, -0.2) is 15.0 Å². The van der Waals surface area contributed by atoms with E-state index < -0.39 is 286 Å². The van der Waals surface area contributed by atoms with E-state index in [1.54, 1.807) is 0 Å². The monoisotopic (exact) mass is 776 g/mol. The number of furan rings is 2. The Morgan fingerprint density at radius 2 is 0.965 bits per heavy atom. The Morgan fingerprint density at radius 3 is 1.74 bits per heavy atom. The average Bonchev–Trinajstić information content (AvgIpc) is 1.53. The quantitative estimate of drug-likeness (QED) is 0.174. The molecule has 0 amide bonds. The van der Waals surface area contributed by atoms with Crippen LogP contribution in [0.5, 0.6) is 0 Å². The zero-order valence-corrected chi connectivity index (χ0v) is 28.9. The molecule has 0 spiro atoms. The van der Waals surface area contributed by atoms with Crippen molar-refractivity contribution in [1.29, 1.82) is 0 Å². The van der Waals surface area contributed by atoms with Gasteiger partial charge in [0.05, 0.1) is 39.8 Å². The lowest BCUT2D eigenvalue weighted by Crippen LogP contribution is -2.00. The lowest BCUT2D eigenvalue weighted by atomic mass is 9.91. The highest BCUT2D eigenvalue weighted by atomic mass is 32.1. The van der Waals surface area contributed by atoms with E-state index >= 15 is 0 Å². The fourth-order valence-corrected chi connectivity index (χ4v) is 7.59. The second kappa shape index (κ2) is 12.6. The van der Waals surface area contributed by atoms with Crippen LogP contribution in [0.2, 0.25) is 0 Å². The standard InChI is InChI=1S/C51H29N3O2S/c1-3-13-30(14-4-1)49-52-50(31-15-5-2-6-16-31)54-51(53-49)38-21-11-20-37-47-35(19-12-24-45(47)57-48(37)38)40-28-33(29-44-46(40)36-18-8-10-23-42(36)56-44)32-25-26-43-39(27-32)34-17-7-9-22-41(34)55-43/h1-29H/i1D,2D,3D,4D,5D,6D,7D,8D,9D,10D,11D,12D,13D,14D,15D,16D,17D,18D,19D,20D,21D,22D,23D,24D,25D,26D,27D,28D,29D. The molecule has 12 aromatic rings. The van der Waals surface area contributed by atoms with Gasteiger partial charge in [-0.1, -0.05) is 127 Å². The smallest absolute Gasteiger partial charge is 0.165 e. The number of hydrogen-bond donors (Lipinski definition) is 0. The molecule has 0 saturated heterocycles. The highest BCUT2D eigenvalue weighted by molar-refractivity contribution is 7.26. The molecule has 4 heterocycles. The van der Waals surface area contributed by atoms with Crippen LogP contribution in [-0.4, -0.2) is 15.0 Å². The van der Waals surface area contributed by atoms with Crippen LogP contribution in [0.3, 0.4) is 0 Å². The first kappa shape index (κ1) is 14.6. The minimum Gasteiger partial charge on any atom is -0.456 e. The molecule has 0 aliphatic heterocycles. The van der Waals surface area contributed by atoms with Gasteiger partial charge in [0, 0.05) is 58.4 Å². The highest BCUT2D eigenvalue weighted by Crippen LogP contribution is 2.47. The van der Waals surface area contributed by atoms with E-state index in [0.717, 1.165) is 0 Å². The van der Waals surface area contributed by atoms with Gasteiger partial charge < -0.3 is 8.83 Å². The van der Waals surface area contributed by atoms with Crippen molar-refractivity contribution in [1.82, 2.24) is 15.0 Å². The van der Waals surface area contributed by atoms with E-state index in [1.165, 1.54) is 0 Å². The van der Waals surface area contributed by atoms with E-state index in [0.29, 0.717) is 11.3 Å². The van der Waals surface area contributed by atoms with Crippen molar-refractivity contribution in [2.24, 2.45) is 0 Å². The SMILES string of the molecule is [2H]c1c([2H])c([2H])c(-c2nc(-c3c([2H])c([2H])c([2H])c([2H])c3[2H])nc(-c3c([2H])c([2H])c([2H])c4c3sc3c([2H])c([2H])c([2H])c(-c5c([2H])c(-c6c([2H])c([2H])c7oc8c([2H])c([2H])c([2H])c([2H])c8c7c6[2H])c([2H])c6oc7c([2H])c([2H])c([2H])c([2H])c7c56)c34)n2)c([2H])c1[2H]. The Hall–Kier alpha value is -7.41. The summed E-state index contributed by atoms with van der Waals surface area (Å²) in [7, 11) is 0. The third-order valence-electron chi connectivity index (χ3n) is 8.89. The third-order valence-corrected chi connectivity index (χ3v) is 10.0. The molecule has 0 fully saturated rings. The third kappa shape index (κ3) is 5.12. The largest absolute Gasteiger partial charge is 0.456 e. The van der Waals surface area contributed by atoms with Crippen molar-refractivity contribution in [2.75, 3.05) is 0 Å². The van der Waals surface area contributed by atoms with E-state index in [9.17, 15) is 15.1 Å². The number of hydrogen-bond acceptors (Lipinski definition) is 6. The molecular weight excluding hydrogens is 719 g/mol. The van der Waals surface area contributed by atoms with Gasteiger partial charge in [0.2, 0.25) is 0 Å². The van der Waals surface area contributed by atoms with Crippen LogP contribution in [0, 0.1) is 0 Å². The lowest BCUT2D eigenvalue weighted by Gasteiger charge is -2.11. The van der Waals surface area contributed by atoms with Crippen molar-refractivity contribution >= 4 is 75.4 Å². The molecule has 0 radical (unpaired) electrons. The summed E-state index contributed by atoms with van der Waals surface area (Å²) < 4.78 is 271. The van der Waals surface area contributed by atoms with Crippen LogP contribution in [0.1, 0.15) is 39.8 Å². The average molecular weight is 777 g/mol. The van der Waals surface area contributed by atoms with Crippen molar-refractivity contribution < 1.29 is 48.6 Å². The van der Waals surface area contributed by atoms with Gasteiger partial charge in [0.1, 0.15) is 22.3 Å². The van der Waals surface area contributed by atoms with Crippen LogP contribution >= 0.6 is 11.3 Å². The number of thiophene rings is 1. The van der Waals surface area contributed by atoms with E-state index in [2.05, 4.69) is 15.0 Å². The molecule has 6 heteroatoms. The molecule has 266 valence electrons. The van der Waals surface area contributed by atoms with Crippen LogP contribution in [-0.2, 0) is 0 Å². The highest BCUT2D eigenvalue weighted by Gasteiger charge is 2.22. The van der Waals surface area contributed by atoms with Crippen LogP contribution < -0.4 is 0 Å². The first-order valence-electron chi connectivity index (χ1n) is 31.1. The maximum absolute atomic E-state index is 10.3. The minimum atomic E-state index is -0.974. The van der Waals surface area contributed by atoms with Gasteiger partial charge in [0.15, 0.2) is 17.5 Å². The lowest BCUT2D eigenvalue weighted by molar-refractivity contribution is 0.669. The molecule has 57 heavy (non-hydrogen) atoms. The van der Waals surface area contributed by atoms with E-state index in [1.807, 2.05) is 0 Å². The molecule has 12 rings (SSSR count). The number of aromatic nitrogens is 3. The zero-order chi connectivity index (χ0) is 62.7. The van der Waals surface area contributed by atoms with Crippen molar-refractivity contribution in [3.05, 3.63) is 175 Å². The molecule has 0 aliphatic rings. The molecule has 0 saturated carbocycles. The Morgan fingerprint density at radius 1 is 0.368 bits per heavy atom. The number of rotatable bonds is 5. The van der Waals surface area contributed by atoms with Crippen molar-refractivity contribution in [3.63, 3.8) is 0 Å². The number of para-hydroxylation sites is 2. The predicted octanol–water partition coefficient (Wildman–Crippen LogP) is 14.4. The molecular formula is C51H29N3O2S. The van der Waals surface area contributed by atoms with Gasteiger partial charge in [-0.2, -0.15) is 0 Å². The summed E-state index contributed by atoms with van der Waals surface area (Å²) in [6.45, 7) is 0. The second-order valence-corrected chi connectivity index (χ2v) is 13.1. The summed E-state index contributed by atoms with van der Waals surface area (Å²) >= 11 is 0.521. The van der Waals surface area contributed by atoms with Crippen LogP contribution in [0.25, 0.3) is 120 Å². The summed E-state index contributed by atoms with van der Waals surface area (Å²) in [5.41, 5.74) is -7.20. The first-order chi connectivity index (χ1) is 40.3. The molecule has 0 bridgehead atoms. The zero-order valence-electron chi connectivity index (χ0n) is 57.1. The molecule has 5 nitrogen and oxygen atoms in total. The Balaban J connectivity index is 1.29. The maximum atomic E-state index is 10.3. The predicted molar refractivity (Wildman–Crippen MR) is 234 cm³/mol. The van der Waals surface area contributed by atoms with Gasteiger partial charge >= 0.3 is 0 Å². The Labute approximate surface area is 370 Å². The Kier molecular flexibility index (Phi) is 3.22. The van der Waals surface area contributed by atoms with E-state index in [-0.39, 0.29) is 9.40 Å². The summed E-state index contributed by atoms with van der Waals surface area (Å²) in [6.07, 6.45) is 0. The number of fused-ring (bicyclic) bond motifs is 9. The van der Waals surface area contributed by atoms with Gasteiger partial charge in [-0.05, 0) is 70.6 Å². The summed E-state index contributed by atoms with van der Waals surface area (Å²) in [5, 5.41) is -2.83. The molecule has 0 atom stereocenters. The van der Waals surface area contributed by atoms with Gasteiger partial charge in [-0.3, -0.25) is 0 Å². The fourth-order valence-electron chi connectivity index (χ4n) is 6.48.